The zero-order chi connectivity index (χ0) is 8.10. The van der Waals surface area contributed by atoms with E-state index in [4.69, 9.17) is 0 Å². The normalized spacial score (nSPS) is 9.18. The van der Waals surface area contributed by atoms with Gasteiger partial charge in [0.1, 0.15) is 0 Å². The van der Waals surface area contributed by atoms with E-state index in [-0.39, 0.29) is 0 Å². The maximum Gasteiger partial charge on any atom is 0.314 e. The first kappa shape index (κ1) is 7.79. The summed E-state index contributed by atoms with van der Waals surface area (Å²) in [7, 11) is 0. The Hall–Kier alpha value is -1.31. The molecule has 57 valence electrons. The lowest BCUT2D eigenvalue weighted by molar-refractivity contribution is 0.561. The highest BCUT2D eigenvalue weighted by atomic mass is 16.1. The quantitative estimate of drug-likeness (QED) is 0.650. The lowest BCUT2D eigenvalue weighted by Crippen LogP contribution is -1.97. The summed E-state index contributed by atoms with van der Waals surface area (Å²) in [6.07, 6.45) is 2.58. The van der Waals surface area contributed by atoms with E-state index >= 15 is 0 Å². The van der Waals surface area contributed by atoms with Crippen LogP contribution in [0.2, 0.25) is 0 Å². The molecule has 2 heteroatoms. The van der Waals surface area contributed by atoms with Crippen LogP contribution in [0.5, 0.6) is 0 Å². The molecule has 1 amide bonds. The van der Waals surface area contributed by atoms with Crippen LogP contribution in [0, 0.1) is 0 Å². The van der Waals surface area contributed by atoms with Gasteiger partial charge in [0.15, 0.2) is 0 Å². The van der Waals surface area contributed by atoms with Crippen LogP contribution in [0.4, 0.5) is 5.69 Å². The van der Waals surface area contributed by atoms with E-state index in [0.717, 1.165) is 17.7 Å². The average Bonchev–Trinajstić information content (AvgIpc) is 2.06. The minimum atomic E-state index is 0.852. The molecule has 1 radical (unpaired) electrons. The van der Waals surface area contributed by atoms with Gasteiger partial charge in [-0.3, -0.25) is 4.79 Å². The summed E-state index contributed by atoms with van der Waals surface area (Å²) >= 11 is 0. The minimum absolute atomic E-state index is 0.852. The third-order valence-electron chi connectivity index (χ3n) is 1.58. The molecular formula is C9H10NO. The maximum atomic E-state index is 10.0. The first-order valence-corrected chi connectivity index (χ1v) is 3.59. The molecule has 2 nitrogen and oxygen atoms in total. The number of anilines is 1. The molecule has 0 aliphatic carbocycles. The van der Waals surface area contributed by atoms with Crippen LogP contribution in [0.25, 0.3) is 0 Å². The molecule has 1 N–H and O–H groups in total. The van der Waals surface area contributed by atoms with E-state index in [9.17, 15) is 4.79 Å². The predicted octanol–water partition coefficient (Wildman–Crippen LogP) is 1.73. The summed E-state index contributed by atoms with van der Waals surface area (Å²) in [6.45, 7) is 2.05. The van der Waals surface area contributed by atoms with E-state index in [1.54, 1.807) is 6.41 Å². The average molecular weight is 148 g/mol. The minimum Gasteiger partial charge on any atom is -0.318 e. The van der Waals surface area contributed by atoms with Crippen molar-refractivity contribution in [2.24, 2.45) is 0 Å². The standard InChI is InChI=1S/C9H10NO/c1-2-8-5-3-4-6-9(8)10-7-11/h3-6H,2H2,1H3,(H,10,11). The molecule has 11 heavy (non-hydrogen) atoms. The van der Waals surface area contributed by atoms with Gasteiger partial charge in [-0.2, -0.15) is 0 Å². The number of rotatable bonds is 3. The van der Waals surface area contributed by atoms with E-state index in [2.05, 4.69) is 5.32 Å². The predicted molar refractivity (Wildman–Crippen MR) is 45.1 cm³/mol. The van der Waals surface area contributed by atoms with Gasteiger partial charge in [0.25, 0.3) is 0 Å². The molecule has 0 aromatic heterocycles. The molecule has 1 rings (SSSR count). The fourth-order valence-corrected chi connectivity index (χ4v) is 1.01. The maximum absolute atomic E-state index is 10.0. The third-order valence-corrected chi connectivity index (χ3v) is 1.58. The van der Waals surface area contributed by atoms with Gasteiger partial charge < -0.3 is 5.32 Å². The Morgan fingerprint density at radius 2 is 2.18 bits per heavy atom. The van der Waals surface area contributed by atoms with Crippen molar-refractivity contribution < 1.29 is 4.79 Å². The van der Waals surface area contributed by atoms with Crippen molar-refractivity contribution in [1.82, 2.24) is 0 Å². The number of hydrogen-bond donors (Lipinski definition) is 1. The summed E-state index contributed by atoms with van der Waals surface area (Å²) in [5.41, 5.74) is 1.99. The largest absolute Gasteiger partial charge is 0.318 e. The lowest BCUT2D eigenvalue weighted by Gasteiger charge is -2.03. The van der Waals surface area contributed by atoms with Crippen molar-refractivity contribution in [1.29, 1.82) is 0 Å². The number of aryl methyl sites for hydroxylation is 1. The van der Waals surface area contributed by atoms with Gasteiger partial charge in [0.2, 0.25) is 0 Å². The Kier molecular flexibility index (Phi) is 2.66. The van der Waals surface area contributed by atoms with Gasteiger partial charge >= 0.3 is 6.41 Å². The summed E-state index contributed by atoms with van der Waals surface area (Å²) in [5, 5.41) is 2.52. The summed E-state index contributed by atoms with van der Waals surface area (Å²) < 4.78 is 0. The molecule has 0 heterocycles. The molecule has 0 unspecified atom stereocenters. The molecule has 1 aromatic rings. The van der Waals surface area contributed by atoms with E-state index < -0.39 is 0 Å². The van der Waals surface area contributed by atoms with Gasteiger partial charge in [0.05, 0.1) is 0 Å². The number of hydrogen-bond acceptors (Lipinski definition) is 1. The van der Waals surface area contributed by atoms with Crippen LogP contribution in [0.15, 0.2) is 24.3 Å². The number of amides is 1. The third kappa shape index (κ3) is 1.80. The van der Waals surface area contributed by atoms with E-state index in [0.29, 0.717) is 0 Å². The first-order valence-electron chi connectivity index (χ1n) is 3.59. The molecule has 0 saturated carbocycles. The molecule has 0 spiro atoms. The van der Waals surface area contributed by atoms with Crippen LogP contribution in [-0.4, -0.2) is 6.41 Å². The monoisotopic (exact) mass is 148 g/mol. The SMILES string of the molecule is CCc1ccccc1N[C]=O. The number of carbonyl (C=O) groups excluding carboxylic acids is 1. The highest BCUT2D eigenvalue weighted by molar-refractivity contribution is 5.73. The van der Waals surface area contributed by atoms with Crippen molar-refractivity contribution in [3.8, 4) is 0 Å². The molecule has 0 atom stereocenters. The molecular weight excluding hydrogens is 138 g/mol. The van der Waals surface area contributed by atoms with Crippen molar-refractivity contribution in [3.63, 3.8) is 0 Å². The second-order valence-corrected chi connectivity index (χ2v) is 2.24. The molecule has 1 aromatic carbocycles. The molecule has 0 saturated heterocycles. The summed E-state index contributed by atoms with van der Waals surface area (Å²) in [4.78, 5) is 10.0. The van der Waals surface area contributed by atoms with Crippen LogP contribution in [0.1, 0.15) is 12.5 Å². The molecule has 0 aliphatic heterocycles. The number of nitrogens with one attached hydrogen (secondary N) is 1. The highest BCUT2D eigenvalue weighted by Crippen LogP contribution is 2.13. The molecule has 0 aliphatic rings. The fourth-order valence-electron chi connectivity index (χ4n) is 1.01. The highest BCUT2D eigenvalue weighted by Gasteiger charge is 1.95. The van der Waals surface area contributed by atoms with E-state index in [1.807, 2.05) is 31.2 Å². The second-order valence-electron chi connectivity index (χ2n) is 2.24. The summed E-state index contributed by atoms with van der Waals surface area (Å²) in [6, 6.07) is 7.69. The van der Waals surface area contributed by atoms with Crippen LogP contribution < -0.4 is 5.32 Å². The van der Waals surface area contributed by atoms with Gasteiger partial charge in [-0.1, -0.05) is 25.1 Å². The van der Waals surface area contributed by atoms with Crippen molar-refractivity contribution in [2.75, 3.05) is 5.32 Å². The molecule has 0 bridgehead atoms. The first-order chi connectivity index (χ1) is 5.38. The Bertz CT molecular complexity index is 245. The van der Waals surface area contributed by atoms with E-state index in [1.165, 1.54) is 0 Å². The Morgan fingerprint density at radius 1 is 1.45 bits per heavy atom. The Labute approximate surface area is 66.2 Å². The van der Waals surface area contributed by atoms with Gasteiger partial charge in [-0.15, -0.1) is 0 Å². The van der Waals surface area contributed by atoms with Crippen molar-refractivity contribution in [3.05, 3.63) is 29.8 Å². The molecule has 0 fully saturated rings. The van der Waals surface area contributed by atoms with Gasteiger partial charge in [-0.05, 0) is 18.1 Å². The van der Waals surface area contributed by atoms with Crippen LogP contribution in [0.3, 0.4) is 0 Å². The van der Waals surface area contributed by atoms with Gasteiger partial charge in [0, 0.05) is 5.69 Å². The Morgan fingerprint density at radius 3 is 2.82 bits per heavy atom. The zero-order valence-corrected chi connectivity index (χ0v) is 6.42. The van der Waals surface area contributed by atoms with Gasteiger partial charge in [-0.25, -0.2) is 0 Å². The Balaban J connectivity index is 2.92. The lowest BCUT2D eigenvalue weighted by atomic mass is 10.1. The second kappa shape index (κ2) is 3.76. The van der Waals surface area contributed by atoms with Crippen molar-refractivity contribution >= 4 is 12.1 Å². The fraction of sp³-hybridized carbons (Fsp3) is 0.222. The number of para-hydroxylation sites is 1. The van der Waals surface area contributed by atoms with Crippen molar-refractivity contribution in [2.45, 2.75) is 13.3 Å². The van der Waals surface area contributed by atoms with Crippen LogP contribution in [-0.2, 0) is 11.2 Å². The smallest absolute Gasteiger partial charge is 0.314 e. The summed E-state index contributed by atoms with van der Waals surface area (Å²) in [5.74, 6) is 0. The van der Waals surface area contributed by atoms with Crippen LogP contribution >= 0.6 is 0 Å². The topological polar surface area (TPSA) is 29.1 Å². The zero-order valence-electron chi connectivity index (χ0n) is 6.42. The number of benzene rings is 1.